The van der Waals surface area contributed by atoms with Gasteiger partial charge in [0.1, 0.15) is 0 Å². The fourth-order valence-electron chi connectivity index (χ4n) is 3.79. The van der Waals surface area contributed by atoms with Crippen LogP contribution < -0.4 is 0 Å². The summed E-state index contributed by atoms with van der Waals surface area (Å²) in [5.41, 5.74) is 4.83. The fraction of sp³-hybridized carbons (Fsp3) is 0.160. The van der Waals surface area contributed by atoms with Crippen LogP contribution in [0.2, 0.25) is 0 Å². The highest BCUT2D eigenvalue weighted by Gasteiger charge is 2.40. The molecule has 3 aromatic carbocycles. The first-order valence-electron chi connectivity index (χ1n) is 9.61. The molecule has 0 saturated carbocycles. The van der Waals surface area contributed by atoms with E-state index in [2.05, 4.69) is 31.2 Å². The highest BCUT2D eigenvalue weighted by atomic mass is 16.3. The molecule has 3 heteroatoms. The third kappa shape index (κ3) is 3.31. The minimum absolute atomic E-state index is 0.160. The first kappa shape index (κ1) is 18.1. The third-order valence-corrected chi connectivity index (χ3v) is 5.29. The van der Waals surface area contributed by atoms with E-state index >= 15 is 0 Å². The van der Waals surface area contributed by atoms with Crippen LogP contribution in [0.15, 0.2) is 90.7 Å². The molecule has 1 aliphatic rings. The predicted molar refractivity (Wildman–Crippen MR) is 112 cm³/mol. The highest BCUT2D eigenvalue weighted by molar-refractivity contribution is 6.05. The van der Waals surface area contributed by atoms with E-state index in [0.717, 1.165) is 23.1 Å². The van der Waals surface area contributed by atoms with Crippen molar-refractivity contribution < 1.29 is 9.90 Å². The van der Waals surface area contributed by atoms with Crippen molar-refractivity contribution in [2.75, 3.05) is 0 Å². The van der Waals surface area contributed by atoms with Gasteiger partial charge < -0.3 is 10.0 Å². The lowest BCUT2D eigenvalue weighted by Gasteiger charge is -2.27. The topological polar surface area (TPSA) is 40.5 Å². The number of carbonyl (C=O) groups is 1. The summed E-state index contributed by atoms with van der Waals surface area (Å²) < 4.78 is 0. The summed E-state index contributed by atoms with van der Waals surface area (Å²) in [4.78, 5) is 14.8. The maximum Gasteiger partial charge on any atom is 0.290 e. The van der Waals surface area contributed by atoms with Gasteiger partial charge in [-0.25, -0.2) is 0 Å². The summed E-state index contributed by atoms with van der Waals surface area (Å²) in [6.45, 7) is 2.57. The Kier molecular flexibility index (Phi) is 4.98. The fourth-order valence-corrected chi connectivity index (χ4v) is 3.79. The number of hydrogen-bond donors (Lipinski definition) is 1. The number of rotatable bonds is 5. The minimum atomic E-state index is -0.327. The summed E-state index contributed by atoms with van der Waals surface area (Å²) in [6, 6.07) is 27.6. The van der Waals surface area contributed by atoms with Crippen molar-refractivity contribution in [3.63, 3.8) is 0 Å². The van der Waals surface area contributed by atoms with Gasteiger partial charge in [-0.1, -0.05) is 91.9 Å². The molecule has 1 unspecified atom stereocenters. The number of hydrogen-bond acceptors (Lipinski definition) is 2. The first-order chi connectivity index (χ1) is 13.7. The number of amides is 1. The zero-order valence-electron chi connectivity index (χ0n) is 15.9. The van der Waals surface area contributed by atoms with Crippen LogP contribution >= 0.6 is 0 Å². The molecule has 0 saturated heterocycles. The zero-order valence-corrected chi connectivity index (χ0v) is 15.9. The third-order valence-electron chi connectivity index (χ3n) is 5.29. The van der Waals surface area contributed by atoms with E-state index < -0.39 is 0 Å². The van der Waals surface area contributed by atoms with E-state index in [1.807, 2.05) is 60.7 Å². The van der Waals surface area contributed by atoms with Crippen LogP contribution in [0.1, 0.15) is 35.2 Å². The Morgan fingerprint density at radius 2 is 1.43 bits per heavy atom. The van der Waals surface area contributed by atoms with Gasteiger partial charge in [0.25, 0.3) is 5.91 Å². The maximum absolute atomic E-state index is 13.0. The van der Waals surface area contributed by atoms with Gasteiger partial charge in [-0.05, 0) is 28.7 Å². The average molecular weight is 369 g/mol. The van der Waals surface area contributed by atoms with Gasteiger partial charge >= 0.3 is 0 Å². The van der Waals surface area contributed by atoms with Crippen molar-refractivity contribution in [1.82, 2.24) is 4.90 Å². The molecule has 1 amide bonds. The lowest BCUT2D eigenvalue weighted by Crippen LogP contribution is -2.29. The van der Waals surface area contributed by atoms with Crippen LogP contribution in [-0.2, 0) is 17.8 Å². The molecule has 140 valence electrons. The van der Waals surface area contributed by atoms with E-state index in [1.54, 1.807) is 4.90 Å². The Hall–Kier alpha value is -3.33. The SMILES string of the molecule is CCc1ccc(C2C(c3ccccc3)=C(O)C(=O)N2Cc2ccccc2)cc1. The molecule has 1 aliphatic heterocycles. The molecule has 0 radical (unpaired) electrons. The lowest BCUT2D eigenvalue weighted by atomic mass is 9.92. The molecule has 3 aromatic rings. The van der Waals surface area contributed by atoms with E-state index in [0.29, 0.717) is 12.1 Å². The van der Waals surface area contributed by atoms with Gasteiger partial charge in [0, 0.05) is 12.1 Å². The van der Waals surface area contributed by atoms with Gasteiger partial charge in [0.05, 0.1) is 6.04 Å². The van der Waals surface area contributed by atoms with Crippen LogP contribution in [-0.4, -0.2) is 15.9 Å². The van der Waals surface area contributed by atoms with Gasteiger partial charge in [0.2, 0.25) is 0 Å². The number of aryl methyl sites for hydroxylation is 1. The smallest absolute Gasteiger partial charge is 0.290 e. The highest BCUT2D eigenvalue weighted by Crippen LogP contribution is 2.43. The van der Waals surface area contributed by atoms with Crippen LogP contribution in [0, 0.1) is 0 Å². The second-order valence-corrected chi connectivity index (χ2v) is 7.04. The van der Waals surface area contributed by atoms with Gasteiger partial charge in [-0.15, -0.1) is 0 Å². The summed E-state index contributed by atoms with van der Waals surface area (Å²) in [5, 5.41) is 10.8. The van der Waals surface area contributed by atoms with Crippen molar-refractivity contribution in [1.29, 1.82) is 0 Å². The normalized spacial score (nSPS) is 16.7. The van der Waals surface area contributed by atoms with Crippen molar-refractivity contribution >= 4 is 11.5 Å². The van der Waals surface area contributed by atoms with Gasteiger partial charge in [-0.2, -0.15) is 0 Å². The Bertz CT molecular complexity index is 992. The Labute approximate surface area is 165 Å². The van der Waals surface area contributed by atoms with Gasteiger partial charge in [-0.3, -0.25) is 4.79 Å². The Morgan fingerprint density at radius 3 is 2.04 bits per heavy atom. The number of carbonyl (C=O) groups excluding carboxylic acids is 1. The monoisotopic (exact) mass is 369 g/mol. The van der Waals surface area contributed by atoms with Gasteiger partial charge in [0.15, 0.2) is 5.76 Å². The molecule has 3 nitrogen and oxygen atoms in total. The van der Waals surface area contributed by atoms with Crippen LogP contribution in [0.4, 0.5) is 0 Å². The molecule has 0 aromatic heterocycles. The van der Waals surface area contributed by atoms with Crippen molar-refractivity contribution in [2.24, 2.45) is 0 Å². The summed E-state index contributed by atoms with van der Waals surface area (Å²) in [6.07, 6.45) is 0.963. The van der Waals surface area contributed by atoms with E-state index in [1.165, 1.54) is 5.56 Å². The lowest BCUT2D eigenvalue weighted by molar-refractivity contribution is -0.130. The molecule has 0 spiro atoms. The van der Waals surface area contributed by atoms with E-state index in [-0.39, 0.29) is 17.7 Å². The number of benzene rings is 3. The molecule has 1 atom stereocenters. The Balaban J connectivity index is 1.80. The standard InChI is InChI=1S/C25H23NO2/c1-2-18-13-15-21(16-14-18)23-22(20-11-7-4-8-12-20)24(27)25(28)26(23)17-19-9-5-3-6-10-19/h3-16,23,27H,2,17H2,1H3. The summed E-state index contributed by atoms with van der Waals surface area (Å²) >= 11 is 0. The largest absolute Gasteiger partial charge is 0.503 e. The van der Waals surface area contributed by atoms with Crippen molar-refractivity contribution in [3.05, 3.63) is 113 Å². The number of nitrogens with zero attached hydrogens (tertiary/aromatic N) is 1. The predicted octanol–water partition coefficient (Wildman–Crippen LogP) is 5.30. The van der Waals surface area contributed by atoms with Crippen LogP contribution in [0.25, 0.3) is 5.57 Å². The molecule has 1 heterocycles. The van der Waals surface area contributed by atoms with Crippen molar-refractivity contribution in [3.8, 4) is 0 Å². The molecule has 4 rings (SSSR count). The molecular formula is C25H23NO2. The second-order valence-electron chi connectivity index (χ2n) is 7.04. The summed E-state index contributed by atoms with van der Waals surface area (Å²) in [7, 11) is 0. The average Bonchev–Trinajstić information content (AvgIpc) is 3.00. The molecule has 0 aliphatic carbocycles. The maximum atomic E-state index is 13.0. The molecule has 0 fully saturated rings. The molecule has 28 heavy (non-hydrogen) atoms. The molecule has 1 N–H and O–H groups in total. The first-order valence-corrected chi connectivity index (χ1v) is 9.61. The number of aliphatic hydroxyl groups is 1. The second kappa shape index (κ2) is 7.73. The Morgan fingerprint density at radius 1 is 0.821 bits per heavy atom. The zero-order chi connectivity index (χ0) is 19.5. The molecular weight excluding hydrogens is 346 g/mol. The molecule has 0 bridgehead atoms. The van der Waals surface area contributed by atoms with E-state index in [9.17, 15) is 9.90 Å². The van der Waals surface area contributed by atoms with Crippen LogP contribution in [0.5, 0.6) is 0 Å². The minimum Gasteiger partial charge on any atom is -0.503 e. The number of aliphatic hydroxyl groups excluding tert-OH is 1. The van der Waals surface area contributed by atoms with Crippen LogP contribution in [0.3, 0.4) is 0 Å². The van der Waals surface area contributed by atoms with Crippen molar-refractivity contribution in [2.45, 2.75) is 25.9 Å². The summed E-state index contributed by atoms with van der Waals surface area (Å²) in [5.74, 6) is -0.487. The van der Waals surface area contributed by atoms with E-state index in [4.69, 9.17) is 0 Å². The quantitative estimate of drug-likeness (QED) is 0.663.